The highest BCUT2D eigenvalue weighted by Gasteiger charge is 2.36. The SMILES string of the molecule is BrC1(Br)Cc2ccccc21. The number of fused-ring (bicyclic) bond motifs is 1. The van der Waals surface area contributed by atoms with E-state index in [0.717, 1.165) is 6.42 Å². The molecule has 2 rings (SSSR count). The van der Waals surface area contributed by atoms with Crippen LogP contribution in [0.2, 0.25) is 0 Å². The zero-order valence-electron chi connectivity index (χ0n) is 5.27. The molecule has 0 saturated heterocycles. The quantitative estimate of drug-likeness (QED) is 0.630. The van der Waals surface area contributed by atoms with Gasteiger partial charge >= 0.3 is 0 Å². The molecule has 0 bridgehead atoms. The summed E-state index contributed by atoms with van der Waals surface area (Å²) in [6, 6.07) is 8.45. The van der Waals surface area contributed by atoms with Gasteiger partial charge in [0.15, 0.2) is 0 Å². The van der Waals surface area contributed by atoms with E-state index in [1.165, 1.54) is 11.1 Å². The number of hydrogen-bond acceptors (Lipinski definition) is 0. The fourth-order valence-electron chi connectivity index (χ4n) is 1.26. The monoisotopic (exact) mass is 260 g/mol. The Morgan fingerprint density at radius 1 is 1.20 bits per heavy atom. The summed E-state index contributed by atoms with van der Waals surface area (Å²) < 4.78 is 0.0800. The van der Waals surface area contributed by atoms with Gasteiger partial charge in [0.1, 0.15) is 3.23 Å². The van der Waals surface area contributed by atoms with Crippen LogP contribution in [0, 0.1) is 0 Å². The van der Waals surface area contributed by atoms with Crippen molar-refractivity contribution in [3.8, 4) is 0 Å². The van der Waals surface area contributed by atoms with Crippen LogP contribution in [0.3, 0.4) is 0 Å². The summed E-state index contributed by atoms with van der Waals surface area (Å²) in [5, 5.41) is 0. The Labute approximate surface area is 76.9 Å². The van der Waals surface area contributed by atoms with E-state index in [2.05, 4.69) is 56.1 Å². The first kappa shape index (κ1) is 6.86. The molecule has 1 aliphatic rings. The molecule has 0 nitrogen and oxygen atoms in total. The maximum absolute atomic E-state index is 3.58. The van der Waals surface area contributed by atoms with Gasteiger partial charge in [0, 0.05) is 6.42 Å². The topological polar surface area (TPSA) is 0 Å². The van der Waals surface area contributed by atoms with Crippen molar-refractivity contribution in [1.82, 2.24) is 0 Å². The van der Waals surface area contributed by atoms with Crippen LogP contribution in [0.4, 0.5) is 0 Å². The number of halogens is 2. The molecule has 1 aromatic rings. The molecule has 1 aromatic carbocycles. The van der Waals surface area contributed by atoms with E-state index in [0.29, 0.717) is 0 Å². The second-order valence-electron chi connectivity index (χ2n) is 2.54. The highest BCUT2D eigenvalue weighted by molar-refractivity contribution is 9.24. The summed E-state index contributed by atoms with van der Waals surface area (Å²) in [7, 11) is 0. The second kappa shape index (κ2) is 2.08. The van der Waals surface area contributed by atoms with Crippen molar-refractivity contribution in [2.24, 2.45) is 0 Å². The number of rotatable bonds is 0. The molecule has 0 fully saturated rings. The molecule has 0 radical (unpaired) electrons. The first-order valence-electron chi connectivity index (χ1n) is 3.16. The summed E-state index contributed by atoms with van der Waals surface area (Å²) in [6.07, 6.45) is 1.09. The Kier molecular flexibility index (Phi) is 1.43. The lowest BCUT2D eigenvalue weighted by atomic mass is 9.89. The fourth-order valence-corrected chi connectivity index (χ4v) is 2.64. The normalized spacial score (nSPS) is 19.4. The van der Waals surface area contributed by atoms with E-state index < -0.39 is 0 Å². The van der Waals surface area contributed by atoms with E-state index in [9.17, 15) is 0 Å². The third-order valence-electron chi connectivity index (χ3n) is 1.82. The summed E-state index contributed by atoms with van der Waals surface area (Å²) >= 11 is 7.16. The molecule has 0 aromatic heterocycles. The van der Waals surface area contributed by atoms with Crippen LogP contribution in [-0.2, 0) is 9.65 Å². The average Bonchev–Trinajstić information content (AvgIpc) is 1.86. The van der Waals surface area contributed by atoms with Gasteiger partial charge in [-0.3, -0.25) is 0 Å². The van der Waals surface area contributed by atoms with Crippen LogP contribution in [0.5, 0.6) is 0 Å². The predicted molar refractivity (Wildman–Crippen MR) is 49.7 cm³/mol. The standard InChI is InChI=1S/C8H6Br2/c9-8(10)5-6-3-1-2-4-7(6)8/h1-4H,5H2. The zero-order valence-corrected chi connectivity index (χ0v) is 8.44. The smallest absolute Gasteiger partial charge is 0.0670 e. The third-order valence-corrected chi connectivity index (χ3v) is 3.24. The zero-order chi connectivity index (χ0) is 7.19. The molecule has 10 heavy (non-hydrogen) atoms. The molecule has 0 unspecified atom stereocenters. The van der Waals surface area contributed by atoms with Crippen LogP contribution < -0.4 is 0 Å². The van der Waals surface area contributed by atoms with Gasteiger partial charge < -0.3 is 0 Å². The molecule has 0 aliphatic heterocycles. The minimum Gasteiger partial charge on any atom is -0.0670 e. The molecule has 0 amide bonds. The highest BCUT2D eigenvalue weighted by Crippen LogP contribution is 2.50. The van der Waals surface area contributed by atoms with Gasteiger partial charge in [0.25, 0.3) is 0 Å². The van der Waals surface area contributed by atoms with Crippen molar-refractivity contribution in [2.75, 3.05) is 0 Å². The largest absolute Gasteiger partial charge is 0.110 e. The van der Waals surface area contributed by atoms with E-state index in [1.54, 1.807) is 0 Å². The average molecular weight is 262 g/mol. The van der Waals surface area contributed by atoms with Crippen LogP contribution in [0.15, 0.2) is 24.3 Å². The lowest BCUT2D eigenvalue weighted by Gasteiger charge is -2.33. The Morgan fingerprint density at radius 2 is 1.90 bits per heavy atom. The van der Waals surface area contributed by atoms with E-state index in [1.807, 2.05) is 0 Å². The van der Waals surface area contributed by atoms with Gasteiger partial charge in [-0.25, -0.2) is 0 Å². The van der Waals surface area contributed by atoms with Crippen LogP contribution in [0.1, 0.15) is 11.1 Å². The second-order valence-corrected chi connectivity index (χ2v) is 6.31. The molecule has 52 valence electrons. The van der Waals surface area contributed by atoms with Gasteiger partial charge in [-0.1, -0.05) is 56.1 Å². The van der Waals surface area contributed by atoms with Crippen LogP contribution in [-0.4, -0.2) is 0 Å². The molecular formula is C8H6Br2. The first-order chi connectivity index (χ1) is 4.70. The Morgan fingerprint density at radius 3 is 2.40 bits per heavy atom. The number of benzene rings is 1. The predicted octanol–water partition coefficient (Wildman–Crippen LogP) is 3.19. The third kappa shape index (κ3) is 0.857. The molecule has 0 spiro atoms. The molecule has 0 heterocycles. The minimum absolute atomic E-state index is 0.0800. The van der Waals surface area contributed by atoms with E-state index >= 15 is 0 Å². The van der Waals surface area contributed by atoms with Crippen LogP contribution in [0.25, 0.3) is 0 Å². The van der Waals surface area contributed by atoms with Gasteiger partial charge in [-0.05, 0) is 11.1 Å². The molecule has 0 N–H and O–H groups in total. The maximum atomic E-state index is 3.58. The van der Waals surface area contributed by atoms with Crippen molar-refractivity contribution in [2.45, 2.75) is 9.65 Å². The molecule has 0 saturated carbocycles. The van der Waals surface area contributed by atoms with Crippen molar-refractivity contribution < 1.29 is 0 Å². The van der Waals surface area contributed by atoms with Crippen LogP contribution >= 0.6 is 31.9 Å². The van der Waals surface area contributed by atoms with Gasteiger partial charge in [-0.2, -0.15) is 0 Å². The summed E-state index contributed by atoms with van der Waals surface area (Å²) in [4.78, 5) is 0. The lowest BCUT2D eigenvalue weighted by molar-refractivity contribution is 0.784. The summed E-state index contributed by atoms with van der Waals surface area (Å²) in [5.41, 5.74) is 2.81. The Bertz CT molecular complexity index is 266. The fraction of sp³-hybridized carbons (Fsp3) is 0.250. The number of alkyl halides is 2. The van der Waals surface area contributed by atoms with Gasteiger partial charge in [0.05, 0.1) is 0 Å². The van der Waals surface area contributed by atoms with E-state index in [4.69, 9.17) is 0 Å². The van der Waals surface area contributed by atoms with Crippen molar-refractivity contribution in [3.63, 3.8) is 0 Å². The van der Waals surface area contributed by atoms with Crippen molar-refractivity contribution in [1.29, 1.82) is 0 Å². The summed E-state index contributed by atoms with van der Waals surface area (Å²) in [5.74, 6) is 0. The molecular weight excluding hydrogens is 256 g/mol. The lowest BCUT2D eigenvalue weighted by Crippen LogP contribution is -2.25. The maximum Gasteiger partial charge on any atom is 0.110 e. The minimum atomic E-state index is 0.0800. The molecule has 1 aliphatic carbocycles. The first-order valence-corrected chi connectivity index (χ1v) is 4.75. The van der Waals surface area contributed by atoms with Gasteiger partial charge in [-0.15, -0.1) is 0 Å². The number of hydrogen-bond donors (Lipinski definition) is 0. The Balaban J connectivity index is 2.53. The van der Waals surface area contributed by atoms with Gasteiger partial charge in [0.2, 0.25) is 0 Å². The van der Waals surface area contributed by atoms with Crippen molar-refractivity contribution in [3.05, 3.63) is 35.4 Å². The summed E-state index contributed by atoms with van der Waals surface area (Å²) in [6.45, 7) is 0. The highest BCUT2D eigenvalue weighted by atomic mass is 79.9. The van der Waals surface area contributed by atoms with E-state index in [-0.39, 0.29) is 3.23 Å². The Hall–Kier alpha value is 0.180. The van der Waals surface area contributed by atoms with Crippen molar-refractivity contribution >= 4 is 31.9 Å². The molecule has 0 atom stereocenters. The molecule has 2 heteroatoms.